The van der Waals surface area contributed by atoms with E-state index in [9.17, 15) is 5.11 Å². The molecule has 3 aliphatic rings. The zero-order chi connectivity index (χ0) is 12.4. The van der Waals surface area contributed by atoms with Crippen LogP contribution in [0.2, 0.25) is 0 Å². The van der Waals surface area contributed by atoms with Crippen LogP contribution < -0.4 is 5.32 Å². The first-order chi connectivity index (χ1) is 8.81. The van der Waals surface area contributed by atoms with Crippen molar-refractivity contribution in [2.24, 2.45) is 5.41 Å². The van der Waals surface area contributed by atoms with Crippen molar-refractivity contribution in [1.29, 1.82) is 0 Å². The van der Waals surface area contributed by atoms with Gasteiger partial charge in [0.1, 0.15) is 0 Å². The van der Waals surface area contributed by atoms with Gasteiger partial charge in [-0.15, -0.1) is 0 Å². The van der Waals surface area contributed by atoms with E-state index < -0.39 is 0 Å². The van der Waals surface area contributed by atoms with Crippen LogP contribution in [0.3, 0.4) is 0 Å². The van der Waals surface area contributed by atoms with Crippen molar-refractivity contribution in [3.05, 3.63) is 0 Å². The second kappa shape index (κ2) is 5.48. The first kappa shape index (κ1) is 12.9. The van der Waals surface area contributed by atoms with Gasteiger partial charge in [0.25, 0.3) is 0 Å². The molecule has 3 nitrogen and oxygen atoms in total. The number of nitrogens with zero attached hydrogens (tertiary/aromatic N) is 1. The standard InChI is InChI=1S/C15H28N2O/c18-10-9-17(14-5-6-14)12-15(7-1-2-8-15)11-16-13-3-4-13/h13-14,16,18H,1-12H2. The Morgan fingerprint density at radius 2 is 1.83 bits per heavy atom. The number of aliphatic hydroxyl groups excluding tert-OH is 1. The van der Waals surface area contributed by atoms with Crippen LogP contribution in [0.5, 0.6) is 0 Å². The van der Waals surface area contributed by atoms with E-state index in [1.807, 2.05) is 0 Å². The predicted octanol–water partition coefficient (Wildman–Crippen LogP) is 1.76. The lowest BCUT2D eigenvalue weighted by molar-refractivity contribution is 0.118. The fourth-order valence-electron chi connectivity index (χ4n) is 3.55. The maximum absolute atomic E-state index is 9.24. The Morgan fingerprint density at radius 1 is 1.11 bits per heavy atom. The summed E-state index contributed by atoms with van der Waals surface area (Å²) in [6.45, 7) is 3.64. The molecule has 0 aromatic rings. The highest BCUT2D eigenvalue weighted by Crippen LogP contribution is 2.41. The fraction of sp³-hybridized carbons (Fsp3) is 1.00. The molecule has 0 amide bonds. The molecule has 0 saturated heterocycles. The third kappa shape index (κ3) is 3.25. The largest absolute Gasteiger partial charge is 0.395 e. The van der Waals surface area contributed by atoms with Crippen molar-refractivity contribution in [2.75, 3.05) is 26.2 Å². The molecule has 3 fully saturated rings. The summed E-state index contributed by atoms with van der Waals surface area (Å²) in [7, 11) is 0. The molecule has 0 aromatic carbocycles. The molecule has 18 heavy (non-hydrogen) atoms. The van der Waals surface area contributed by atoms with Crippen LogP contribution in [0.15, 0.2) is 0 Å². The van der Waals surface area contributed by atoms with Gasteiger partial charge in [-0.1, -0.05) is 12.8 Å². The molecule has 3 saturated carbocycles. The van der Waals surface area contributed by atoms with Gasteiger partial charge in [-0.3, -0.25) is 4.90 Å². The van der Waals surface area contributed by atoms with Gasteiger partial charge in [0.05, 0.1) is 6.61 Å². The third-order valence-corrected chi connectivity index (χ3v) is 5.00. The van der Waals surface area contributed by atoms with E-state index in [4.69, 9.17) is 0 Å². The summed E-state index contributed by atoms with van der Waals surface area (Å²) < 4.78 is 0. The molecule has 0 aromatic heterocycles. The van der Waals surface area contributed by atoms with Crippen molar-refractivity contribution in [1.82, 2.24) is 10.2 Å². The first-order valence-electron chi connectivity index (χ1n) is 7.90. The molecule has 3 heteroatoms. The van der Waals surface area contributed by atoms with Crippen LogP contribution in [0.4, 0.5) is 0 Å². The Bertz CT molecular complexity index is 268. The van der Waals surface area contributed by atoms with Gasteiger partial charge in [0.15, 0.2) is 0 Å². The van der Waals surface area contributed by atoms with Crippen LogP contribution in [0.1, 0.15) is 51.4 Å². The van der Waals surface area contributed by atoms with Gasteiger partial charge in [-0.05, 0) is 43.9 Å². The van der Waals surface area contributed by atoms with Crippen molar-refractivity contribution in [3.8, 4) is 0 Å². The Labute approximate surface area is 111 Å². The fourth-order valence-corrected chi connectivity index (χ4v) is 3.55. The van der Waals surface area contributed by atoms with Gasteiger partial charge in [-0.25, -0.2) is 0 Å². The molecular weight excluding hydrogens is 224 g/mol. The molecule has 2 N–H and O–H groups in total. The van der Waals surface area contributed by atoms with Crippen molar-refractivity contribution >= 4 is 0 Å². The van der Waals surface area contributed by atoms with Gasteiger partial charge >= 0.3 is 0 Å². The Morgan fingerprint density at radius 3 is 2.39 bits per heavy atom. The van der Waals surface area contributed by atoms with Gasteiger partial charge < -0.3 is 10.4 Å². The summed E-state index contributed by atoms with van der Waals surface area (Å²) in [5, 5.41) is 13.0. The number of nitrogens with one attached hydrogen (secondary N) is 1. The van der Waals surface area contributed by atoms with E-state index >= 15 is 0 Å². The third-order valence-electron chi connectivity index (χ3n) is 5.00. The SMILES string of the molecule is OCCN(CC1(CNC2CC2)CCCC1)C1CC1. The number of hydrogen-bond donors (Lipinski definition) is 2. The molecule has 3 rings (SSSR count). The molecule has 0 unspecified atom stereocenters. The van der Waals surface area contributed by atoms with Crippen molar-refractivity contribution < 1.29 is 5.11 Å². The molecule has 0 heterocycles. The molecule has 0 radical (unpaired) electrons. The summed E-state index contributed by atoms with van der Waals surface area (Å²) in [6, 6.07) is 1.62. The topological polar surface area (TPSA) is 35.5 Å². The minimum absolute atomic E-state index is 0.322. The monoisotopic (exact) mass is 252 g/mol. The molecule has 3 aliphatic carbocycles. The number of hydrogen-bond acceptors (Lipinski definition) is 3. The quantitative estimate of drug-likeness (QED) is 0.691. The van der Waals surface area contributed by atoms with Gasteiger partial charge in [-0.2, -0.15) is 0 Å². The molecular formula is C15H28N2O. The second-order valence-electron chi connectivity index (χ2n) is 6.79. The zero-order valence-electron chi connectivity index (χ0n) is 11.5. The van der Waals surface area contributed by atoms with Gasteiger partial charge in [0, 0.05) is 31.7 Å². The summed E-state index contributed by atoms with van der Waals surface area (Å²) in [5.41, 5.74) is 0.514. The highest BCUT2D eigenvalue weighted by atomic mass is 16.3. The molecule has 0 atom stereocenters. The minimum atomic E-state index is 0.322. The summed E-state index contributed by atoms with van der Waals surface area (Å²) in [6.07, 6.45) is 11.1. The molecule has 0 aliphatic heterocycles. The lowest BCUT2D eigenvalue weighted by atomic mass is 9.85. The van der Waals surface area contributed by atoms with E-state index in [0.717, 1.165) is 18.6 Å². The number of aliphatic hydroxyl groups is 1. The molecule has 104 valence electrons. The normalized spacial score (nSPS) is 27.0. The Hall–Kier alpha value is -0.120. The van der Waals surface area contributed by atoms with Crippen LogP contribution in [-0.4, -0.2) is 48.3 Å². The Balaban J connectivity index is 1.56. The van der Waals surface area contributed by atoms with E-state index in [1.54, 1.807) is 0 Å². The van der Waals surface area contributed by atoms with Crippen LogP contribution >= 0.6 is 0 Å². The Kier molecular flexibility index (Phi) is 3.92. The number of rotatable bonds is 8. The van der Waals surface area contributed by atoms with Crippen molar-refractivity contribution in [2.45, 2.75) is 63.5 Å². The highest BCUT2D eigenvalue weighted by molar-refractivity contribution is 4.95. The maximum Gasteiger partial charge on any atom is 0.0558 e. The summed E-state index contributed by atoms with van der Waals surface area (Å²) in [5.74, 6) is 0. The lowest BCUT2D eigenvalue weighted by Gasteiger charge is -2.36. The molecule has 0 spiro atoms. The minimum Gasteiger partial charge on any atom is -0.395 e. The average molecular weight is 252 g/mol. The van der Waals surface area contributed by atoms with E-state index in [1.165, 1.54) is 64.5 Å². The van der Waals surface area contributed by atoms with E-state index in [0.29, 0.717) is 12.0 Å². The van der Waals surface area contributed by atoms with Crippen LogP contribution in [0, 0.1) is 5.41 Å². The second-order valence-corrected chi connectivity index (χ2v) is 6.79. The summed E-state index contributed by atoms with van der Waals surface area (Å²) >= 11 is 0. The average Bonchev–Trinajstić information content (AvgIpc) is 3.27. The molecule has 0 bridgehead atoms. The van der Waals surface area contributed by atoms with Crippen LogP contribution in [0.25, 0.3) is 0 Å². The smallest absolute Gasteiger partial charge is 0.0558 e. The van der Waals surface area contributed by atoms with Crippen LogP contribution in [-0.2, 0) is 0 Å². The zero-order valence-corrected chi connectivity index (χ0v) is 11.5. The summed E-state index contributed by atoms with van der Waals surface area (Å²) in [4.78, 5) is 2.57. The van der Waals surface area contributed by atoms with E-state index in [2.05, 4.69) is 10.2 Å². The predicted molar refractivity (Wildman–Crippen MR) is 73.6 cm³/mol. The van der Waals surface area contributed by atoms with Gasteiger partial charge in [0.2, 0.25) is 0 Å². The van der Waals surface area contributed by atoms with E-state index in [-0.39, 0.29) is 0 Å². The lowest BCUT2D eigenvalue weighted by Crippen LogP contribution is -2.44. The van der Waals surface area contributed by atoms with Crippen molar-refractivity contribution in [3.63, 3.8) is 0 Å². The highest BCUT2D eigenvalue weighted by Gasteiger charge is 2.40. The first-order valence-corrected chi connectivity index (χ1v) is 7.90. The maximum atomic E-state index is 9.24.